The van der Waals surface area contributed by atoms with Gasteiger partial charge in [-0.2, -0.15) is 5.26 Å². The summed E-state index contributed by atoms with van der Waals surface area (Å²) in [6, 6.07) is 13.7. The summed E-state index contributed by atoms with van der Waals surface area (Å²) < 4.78 is 25.6. The topological polar surface area (TPSA) is 101 Å². The van der Waals surface area contributed by atoms with Gasteiger partial charge in [-0.3, -0.25) is 10.1 Å². The van der Waals surface area contributed by atoms with E-state index in [1.165, 1.54) is 30.3 Å². The number of hydrogen-bond donors (Lipinski definition) is 0. The largest absolute Gasteiger partial charge is 0.269 e. The van der Waals surface area contributed by atoms with Gasteiger partial charge < -0.3 is 0 Å². The number of nitro groups is 1. The minimum absolute atomic E-state index is 0.108. The Hall–Kier alpha value is -2.50. The van der Waals surface area contributed by atoms with Crippen molar-refractivity contribution in [2.45, 2.75) is 5.75 Å². The molecular weight excluding hydrogens is 396 g/mol. The average Bonchev–Trinajstić information content (AvgIpc) is 2.54. The summed E-state index contributed by atoms with van der Waals surface area (Å²) >= 11 is 3.27. The second kappa shape index (κ2) is 7.38. The first kappa shape index (κ1) is 17.8. The molecule has 2 aromatic carbocycles. The van der Waals surface area contributed by atoms with Crippen molar-refractivity contribution in [2.75, 3.05) is 0 Å². The molecule has 0 radical (unpaired) electrons. The van der Waals surface area contributed by atoms with Crippen LogP contribution in [0, 0.1) is 21.4 Å². The van der Waals surface area contributed by atoms with Crippen LogP contribution in [0.25, 0.3) is 6.08 Å². The van der Waals surface area contributed by atoms with E-state index in [2.05, 4.69) is 15.9 Å². The predicted molar refractivity (Wildman–Crippen MR) is 93.5 cm³/mol. The number of nitriles is 1. The fourth-order valence-corrected chi connectivity index (χ4v) is 3.42. The lowest BCUT2D eigenvalue weighted by molar-refractivity contribution is -0.384. The van der Waals surface area contributed by atoms with Crippen molar-refractivity contribution >= 4 is 37.5 Å². The van der Waals surface area contributed by atoms with Crippen LogP contribution in [-0.2, 0) is 15.6 Å². The molecule has 24 heavy (non-hydrogen) atoms. The van der Waals surface area contributed by atoms with E-state index in [1.807, 2.05) is 0 Å². The highest BCUT2D eigenvalue weighted by atomic mass is 79.9. The Bertz CT molecular complexity index is 928. The number of nitro benzene ring substituents is 1. The fourth-order valence-electron chi connectivity index (χ4n) is 1.91. The molecule has 0 aromatic heterocycles. The Labute approximate surface area is 147 Å². The van der Waals surface area contributed by atoms with Gasteiger partial charge in [0.1, 0.15) is 11.0 Å². The van der Waals surface area contributed by atoms with Gasteiger partial charge in [-0.05, 0) is 41.5 Å². The zero-order valence-electron chi connectivity index (χ0n) is 12.2. The maximum Gasteiger partial charge on any atom is 0.269 e. The highest BCUT2D eigenvalue weighted by molar-refractivity contribution is 9.10. The zero-order valence-corrected chi connectivity index (χ0v) is 14.6. The third-order valence-electron chi connectivity index (χ3n) is 3.12. The molecule has 8 heteroatoms. The van der Waals surface area contributed by atoms with Gasteiger partial charge in [0, 0.05) is 16.6 Å². The van der Waals surface area contributed by atoms with Gasteiger partial charge in [-0.15, -0.1) is 0 Å². The van der Waals surface area contributed by atoms with Crippen molar-refractivity contribution < 1.29 is 13.3 Å². The molecule has 0 atom stereocenters. The Kier molecular flexibility index (Phi) is 5.49. The number of nitrogens with zero attached hydrogens (tertiary/aromatic N) is 2. The van der Waals surface area contributed by atoms with Crippen LogP contribution in [0.4, 0.5) is 5.69 Å². The van der Waals surface area contributed by atoms with Gasteiger partial charge in [0.25, 0.3) is 5.69 Å². The molecule has 0 amide bonds. The molecule has 0 saturated carbocycles. The van der Waals surface area contributed by atoms with E-state index >= 15 is 0 Å². The number of halogens is 1. The molecule has 122 valence electrons. The van der Waals surface area contributed by atoms with Gasteiger partial charge in [0.05, 0.1) is 10.7 Å². The number of benzene rings is 2. The van der Waals surface area contributed by atoms with Crippen molar-refractivity contribution in [2.24, 2.45) is 0 Å². The number of non-ortho nitro benzene ring substituents is 1. The Morgan fingerprint density at radius 1 is 1.17 bits per heavy atom. The van der Waals surface area contributed by atoms with E-state index in [1.54, 1.807) is 30.3 Å². The van der Waals surface area contributed by atoms with Crippen LogP contribution in [0.5, 0.6) is 0 Å². The number of hydrogen-bond acceptors (Lipinski definition) is 5. The second-order valence-electron chi connectivity index (χ2n) is 4.85. The van der Waals surface area contributed by atoms with Crippen LogP contribution >= 0.6 is 15.9 Å². The molecule has 0 heterocycles. The van der Waals surface area contributed by atoms with E-state index in [-0.39, 0.29) is 16.3 Å². The summed E-state index contributed by atoms with van der Waals surface area (Å²) in [5.74, 6) is -0.299. The lowest BCUT2D eigenvalue weighted by Gasteiger charge is -2.04. The van der Waals surface area contributed by atoms with Crippen LogP contribution in [-0.4, -0.2) is 13.3 Å². The van der Waals surface area contributed by atoms with Gasteiger partial charge in [0.2, 0.25) is 0 Å². The molecule has 0 saturated heterocycles. The van der Waals surface area contributed by atoms with E-state index in [4.69, 9.17) is 0 Å². The molecule has 2 rings (SSSR count). The Balaban J connectivity index is 2.30. The van der Waals surface area contributed by atoms with Gasteiger partial charge >= 0.3 is 0 Å². The first-order chi connectivity index (χ1) is 11.3. The summed E-state index contributed by atoms with van der Waals surface area (Å²) in [7, 11) is -3.81. The number of rotatable bonds is 5. The van der Waals surface area contributed by atoms with Crippen LogP contribution < -0.4 is 0 Å². The van der Waals surface area contributed by atoms with Crippen molar-refractivity contribution in [1.82, 2.24) is 0 Å². The van der Waals surface area contributed by atoms with Crippen molar-refractivity contribution in [3.05, 3.63) is 79.2 Å². The Morgan fingerprint density at radius 2 is 1.75 bits per heavy atom. The monoisotopic (exact) mass is 406 g/mol. The standard InChI is InChI=1S/C16H11BrN2O4S/c17-14-5-1-13(2-6-14)11-24(22,23)16(10-18)9-12-3-7-15(8-4-12)19(20)21/h1-9H,11H2/b16-9+. The lowest BCUT2D eigenvalue weighted by atomic mass is 10.2. The number of allylic oxidation sites excluding steroid dienone is 1. The van der Waals surface area contributed by atoms with Crippen LogP contribution in [0.2, 0.25) is 0 Å². The Morgan fingerprint density at radius 3 is 2.25 bits per heavy atom. The first-order valence-corrected chi connectivity index (χ1v) is 9.10. The highest BCUT2D eigenvalue weighted by Crippen LogP contribution is 2.20. The van der Waals surface area contributed by atoms with Gasteiger partial charge in [-0.1, -0.05) is 28.1 Å². The van der Waals surface area contributed by atoms with Crippen LogP contribution in [0.1, 0.15) is 11.1 Å². The normalized spacial score (nSPS) is 11.8. The minimum atomic E-state index is -3.81. The smallest absolute Gasteiger partial charge is 0.258 e. The molecule has 0 bridgehead atoms. The van der Waals surface area contributed by atoms with Gasteiger partial charge in [-0.25, -0.2) is 8.42 Å². The zero-order chi connectivity index (χ0) is 17.7. The number of sulfone groups is 1. The molecule has 0 aliphatic rings. The quantitative estimate of drug-likeness (QED) is 0.426. The SMILES string of the molecule is N#C/C(=C\c1ccc([N+](=O)[O-])cc1)S(=O)(=O)Cc1ccc(Br)cc1. The van der Waals surface area contributed by atoms with Crippen molar-refractivity contribution in [1.29, 1.82) is 5.26 Å². The third kappa shape index (κ3) is 4.50. The molecule has 0 spiro atoms. The summed E-state index contributed by atoms with van der Waals surface area (Å²) in [5, 5.41) is 19.8. The van der Waals surface area contributed by atoms with E-state index in [0.717, 1.165) is 4.47 Å². The van der Waals surface area contributed by atoms with Crippen LogP contribution in [0.15, 0.2) is 57.9 Å². The molecule has 2 aromatic rings. The highest BCUT2D eigenvalue weighted by Gasteiger charge is 2.19. The second-order valence-corrected chi connectivity index (χ2v) is 7.73. The maximum atomic E-state index is 12.4. The average molecular weight is 407 g/mol. The molecule has 0 fully saturated rings. The summed E-state index contributed by atoms with van der Waals surface area (Å²) in [6.45, 7) is 0. The molecule has 0 N–H and O–H groups in total. The first-order valence-electron chi connectivity index (χ1n) is 6.65. The van der Waals surface area contributed by atoms with E-state index in [0.29, 0.717) is 11.1 Å². The summed E-state index contributed by atoms with van der Waals surface area (Å²) in [5.41, 5.74) is 0.850. The maximum absolute atomic E-state index is 12.4. The van der Waals surface area contributed by atoms with Crippen molar-refractivity contribution in [3.63, 3.8) is 0 Å². The lowest BCUT2D eigenvalue weighted by Crippen LogP contribution is -2.06. The summed E-state index contributed by atoms with van der Waals surface area (Å²) in [6.07, 6.45) is 1.21. The van der Waals surface area contributed by atoms with Gasteiger partial charge in [0.15, 0.2) is 9.84 Å². The van der Waals surface area contributed by atoms with E-state index in [9.17, 15) is 23.8 Å². The predicted octanol–water partition coefficient (Wildman–Crippen LogP) is 3.84. The molecule has 0 unspecified atom stereocenters. The molecule has 6 nitrogen and oxygen atoms in total. The third-order valence-corrected chi connectivity index (χ3v) is 5.24. The molecule has 0 aliphatic heterocycles. The van der Waals surface area contributed by atoms with Crippen molar-refractivity contribution in [3.8, 4) is 6.07 Å². The summed E-state index contributed by atoms with van der Waals surface area (Å²) in [4.78, 5) is 9.67. The van der Waals surface area contributed by atoms with Crippen LogP contribution in [0.3, 0.4) is 0 Å². The molecular formula is C16H11BrN2O4S. The van der Waals surface area contributed by atoms with E-state index < -0.39 is 14.8 Å². The molecule has 0 aliphatic carbocycles. The minimum Gasteiger partial charge on any atom is -0.258 e. The fraction of sp³-hybridized carbons (Fsp3) is 0.0625.